The van der Waals surface area contributed by atoms with Crippen LogP contribution in [0.1, 0.15) is 38.6 Å². The zero-order valence-electron chi connectivity index (χ0n) is 17.9. The lowest BCUT2D eigenvalue weighted by Crippen LogP contribution is -2.44. The lowest BCUT2D eigenvalue weighted by atomic mass is 9.87. The van der Waals surface area contributed by atoms with E-state index in [-0.39, 0.29) is 10.3 Å². The molecule has 1 aliphatic rings. The monoisotopic (exact) mass is 438 g/mol. The van der Waals surface area contributed by atoms with Gasteiger partial charge >= 0.3 is 0 Å². The number of rotatable bonds is 5. The van der Waals surface area contributed by atoms with Crippen LogP contribution in [0.25, 0.3) is 17.0 Å². The SMILES string of the molecule is CC(C)(C)c1ccc(S(=O)(=O)NN2CC=C(c3nnc(-c4ccccc4)o3)CC2)cc1. The van der Waals surface area contributed by atoms with Gasteiger partial charge in [-0.1, -0.05) is 57.2 Å². The van der Waals surface area contributed by atoms with Gasteiger partial charge in [0, 0.05) is 24.2 Å². The van der Waals surface area contributed by atoms with Gasteiger partial charge < -0.3 is 4.42 Å². The Labute approximate surface area is 182 Å². The number of hydrogen-bond donors (Lipinski definition) is 1. The van der Waals surface area contributed by atoms with Crippen LogP contribution in [0.2, 0.25) is 0 Å². The molecule has 0 unspecified atom stereocenters. The molecule has 2 heterocycles. The molecule has 7 nitrogen and oxygen atoms in total. The van der Waals surface area contributed by atoms with E-state index in [0.29, 0.717) is 31.3 Å². The van der Waals surface area contributed by atoms with Crippen LogP contribution >= 0.6 is 0 Å². The van der Waals surface area contributed by atoms with E-state index in [9.17, 15) is 8.42 Å². The Hall–Kier alpha value is -2.81. The Kier molecular flexibility index (Phi) is 5.79. The van der Waals surface area contributed by atoms with E-state index in [0.717, 1.165) is 16.7 Å². The summed E-state index contributed by atoms with van der Waals surface area (Å²) in [7, 11) is -3.64. The zero-order chi connectivity index (χ0) is 22.1. The Morgan fingerprint density at radius 3 is 2.26 bits per heavy atom. The van der Waals surface area contributed by atoms with Crippen LogP contribution in [-0.2, 0) is 15.4 Å². The highest BCUT2D eigenvalue weighted by molar-refractivity contribution is 7.89. The van der Waals surface area contributed by atoms with Crippen LogP contribution in [0, 0.1) is 0 Å². The van der Waals surface area contributed by atoms with Gasteiger partial charge in [-0.2, -0.15) is 0 Å². The minimum Gasteiger partial charge on any atom is -0.416 e. The maximum Gasteiger partial charge on any atom is 0.253 e. The van der Waals surface area contributed by atoms with Gasteiger partial charge in [0.05, 0.1) is 4.90 Å². The molecule has 162 valence electrons. The summed E-state index contributed by atoms with van der Waals surface area (Å²) in [5.41, 5.74) is 2.84. The van der Waals surface area contributed by atoms with E-state index in [1.165, 1.54) is 0 Å². The molecule has 8 heteroatoms. The second-order valence-corrected chi connectivity index (χ2v) is 10.2. The second-order valence-electron chi connectivity index (χ2n) is 8.57. The van der Waals surface area contributed by atoms with Crippen molar-refractivity contribution in [1.29, 1.82) is 0 Å². The van der Waals surface area contributed by atoms with Crippen LogP contribution in [-0.4, -0.2) is 36.7 Å². The molecule has 0 atom stereocenters. The maximum atomic E-state index is 12.8. The van der Waals surface area contributed by atoms with E-state index in [1.807, 2.05) is 48.5 Å². The van der Waals surface area contributed by atoms with Gasteiger partial charge in [-0.25, -0.2) is 13.4 Å². The lowest BCUT2D eigenvalue weighted by molar-refractivity contribution is 0.265. The summed E-state index contributed by atoms with van der Waals surface area (Å²) >= 11 is 0. The van der Waals surface area contributed by atoms with E-state index >= 15 is 0 Å². The summed E-state index contributed by atoms with van der Waals surface area (Å²) in [6, 6.07) is 16.6. The average molecular weight is 439 g/mol. The van der Waals surface area contributed by atoms with Gasteiger partial charge in [-0.05, 0) is 41.7 Å². The molecule has 0 saturated carbocycles. The van der Waals surface area contributed by atoms with Crippen molar-refractivity contribution < 1.29 is 12.8 Å². The molecule has 0 bridgehead atoms. The number of nitrogens with one attached hydrogen (secondary N) is 1. The lowest BCUT2D eigenvalue weighted by Gasteiger charge is -2.25. The van der Waals surface area contributed by atoms with E-state index < -0.39 is 10.0 Å². The van der Waals surface area contributed by atoms with Gasteiger partial charge in [0.1, 0.15) is 0 Å². The van der Waals surface area contributed by atoms with Crippen molar-refractivity contribution in [3.8, 4) is 11.5 Å². The van der Waals surface area contributed by atoms with Gasteiger partial charge in [0.25, 0.3) is 10.0 Å². The quantitative estimate of drug-likeness (QED) is 0.647. The van der Waals surface area contributed by atoms with Crippen LogP contribution in [0.4, 0.5) is 0 Å². The van der Waals surface area contributed by atoms with Gasteiger partial charge in [0.15, 0.2) is 0 Å². The summed E-state index contributed by atoms with van der Waals surface area (Å²) in [6.07, 6.45) is 2.51. The Balaban J connectivity index is 1.42. The molecule has 4 rings (SSSR count). The standard InChI is InChI=1S/C23H26N4O3S/c1-23(2,3)19-9-11-20(12-10-19)31(28,29)26-27-15-13-18(14-16-27)22-25-24-21(30-22)17-7-5-4-6-8-17/h4-13,26H,14-16H2,1-3H3. The Morgan fingerprint density at radius 2 is 1.65 bits per heavy atom. The van der Waals surface area contributed by atoms with Crippen LogP contribution < -0.4 is 4.83 Å². The fraction of sp³-hybridized carbons (Fsp3) is 0.304. The van der Waals surface area contributed by atoms with E-state index in [2.05, 4.69) is 35.8 Å². The normalized spacial score (nSPS) is 15.6. The molecule has 0 spiro atoms. The maximum absolute atomic E-state index is 12.8. The number of sulfonamides is 1. The molecule has 0 radical (unpaired) electrons. The first-order valence-electron chi connectivity index (χ1n) is 10.2. The highest BCUT2D eigenvalue weighted by Crippen LogP contribution is 2.26. The van der Waals surface area contributed by atoms with E-state index in [1.54, 1.807) is 17.1 Å². The number of benzene rings is 2. The molecular formula is C23H26N4O3S. The van der Waals surface area contributed by atoms with Gasteiger partial charge in [-0.15, -0.1) is 15.0 Å². The second kappa shape index (κ2) is 8.37. The van der Waals surface area contributed by atoms with E-state index in [4.69, 9.17) is 4.42 Å². The van der Waals surface area contributed by atoms with Crippen molar-refractivity contribution in [1.82, 2.24) is 20.0 Å². The Morgan fingerprint density at radius 1 is 0.968 bits per heavy atom. The van der Waals surface area contributed by atoms with Crippen molar-refractivity contribution in [3.05, 3.63) is 72.1 Å². The highest BCUT2D eigenvalue weighted by Gasteiger charge is 2.23. The summed E-state index contributed by atoms with van der Waals surface area (Å²) in [6.45, 7) is 7.21. The third-order valence-electron chi connectivity index (χ3n) is 5.21. The van der Waals surface area contributed by atoms with Crippen LogP contribution in [0.15, 0.2) is 70.0 Å². The molecular weight excluding hydrogens is 412 g/mol. The third kappa shape index (κ3) is 4.92. The molecule has 1 aliphatic heterocycles. The average Bonchev–Trinajstić information content (AvgIpc) is 3.24. The summed E-state index contributed by atoms with van der Waals surface area (Å²) in [4.78, 5) is 2.92. The zero-order valence-corrected chi connectivity index (χ0v) is 18.7. The molecule has 1 N–H and O–H groups in total. The summed E-state index contributed by atoms with van der Waals surface area (Å²) in [5.74, 6) is 0.942. The molecule has 0 amide bonds. The fourth-order valence-corrected chi connectivity index (χ4v) is 4.46. The highest BCUT2D eigenvalue weighted by atomic mass is 32.2. The van der Waals surface area contributed by atoms with Crippen LogP contribution in [0.5, 0.6) is 0 Å². The smallest absolute Gasteiger partial charge is 0.253 e. The van der Waals surface area contributed by atoms with Crippen molar-refractivity contribution in [2.45, 2.75) is 37.5 Å². The van der Waals surface area contributed by atoms with Gasteiger partial charge in [0.2, 0.25) is 11.8 Å². The minimum atomic E-state index is -3.64. The van der Waals surface area contributed by atoms with Crippen molar-refractivity contribution >= 4 is 15.6 Å². The topological polar surface area (TPSA) is 88.3 Å². The number of nitrogens with zero attached hydrogens (tertiary/aromatic N) is 3. The predicted molar refractivity (Wildman–Crippen MR) is 119 cm³/mol. The van der Waals surface area contributed by atoms with Crippen molar-refractivity contribution in [2.75, 3.05) is 13.1 Å². The first-order valence-corrected chi connectivity index (χ1v) is 11.7. The van der Waals surface area contributed by atoms with Crippen LogP contribution in [0.3, 0.4) is 0 Å². The molecule has 2 aromatic carbocycles. The molecule has 0 fully saturated rings. The number of aromatic nitrogens is 2. The predicted octanol–water partition coefficient (Wildman–Crippen LogP) is 4.02. The molecule has 1 aromatic heterocycles. The van der Waals surface area contributed by atoms with Gasteiger partial charge in [-0.3, -0.25) is 0 Å². The van der Waals surface area contributed by atoms with Crippen molar-refractivity contribution in [3.63, 3.8) is 0 Å². The fourth-order valence-electron chi connectivity index (χ4n) is 3.35. The first kappa shape index (κ1) is 21.4. The third-order valence-corrected chi connectivity index (χ3v) is 6.60. The number of hydrogen-bond acceptors (Lipinski definition) is 6. The molecule has 3 aromatic rings. The number of hydrazine groups is 1. The summed E-state index contributed by atoms with van der Waals surface area (Å²) < 4.78 is 31.3. The molecule has 31 heavy (non-hydrogen) atoms. The summed E-state index contributed by atoms with van der Waals surface area (Å²) in [5, 5.41) is 9.94. The largest absolute Gasteiger partial charge is 0.416 e. The van der Waals surface area contributed by atoms with Crippen molar-refractivity contribution in [2.24, 2.45) is 0 Å². The first-order chi connectivity index (χ1) is 14.7. The Bertz CT molecular complexity index is 1180. The molecule has 0 aliphatic carbocycles. The molecule has 0 saturated heterocycles. The minimum absolute atomic E-state index is 0.0289.